The van der Waals surface area contributed by atoms with Crippen molar-refractivity contribution >= 4 is 29.3 Å². The predicted molar refractivity (Wildman–Crippen MR) is 92.5 cm³/mol. The lowest BCUT2D eigenvalue weighted by molar-refractivity contribution is -0.136. The van der Waals surface area contributed by atoms with Crippen molar-refractivity contribution in [3.05, 3.63) is 29.3 Å². The fourth-order valence-electron chi connectivity index (χ4n) is 3.99. The Bertz CT molecular complexity index is 821. The highest BCUT2D eigenvalue weighted by Crippen LogP contribution is 2.35. The molecule has 1 aromatic carbocycles. The van der Waals surface area contributed by atoms with Crippen LogP contribution in [0.15, 0.2) is 18.2 Å². The van der Waals surface area contributed by atoms with Crippen LogP contribution in [0, 0.1) is 0 Å². The fraction of sp³-hybridized carbons (Fsp3) is 0.444. The molecule has 0 spiro atoms. The van der Waals surface area contributed by atoms with Crippen molar-refractivity contribution in [2.75, 3.05) is 18.0 Å². The number of piperidine rings is 2. The number of rotatable bonds is 2. The van der Waals surface area contributed by atoms with Gasteiger partial charge >= 0.3 is 0 Å². The molecule has 0 aliphatic carbocycles. The molecule has 1 aromatic rings. The van der Waals surface area contributed by atoms with Gasteiger partial charge in [0.15, 0.2) is 0 Å². The van der Waals surface area contributed by atoms with Crippen molar-refractivity contribution in [1.29, 1.82) is 0 Å². The molecule has 3 aliphatic heterocycles. The molecule has 2 atom stereocenters. The highest BCUT2D eigenvalue weighted by atomic mass is 16.2. The van der Waals surface area contributed by atoms with Gasteiger partial charge in [-0.15, -0.1) is 0 Å². The summed E-state index contributed by atoms with van der Waals surface area (Å²) in [6.45, 7) is 1.39. The molecule has 0 aromatic heterocycles. The highest BCUT2D eigenvalue weighted by Gasteiger charge is 2.46. The minimum atomic E-state index is -0.948. The van der Waals surface area contributed by atoms with E-state index < -0.39 is 23.8 Å². The van der Waals surface area contributed by atoms with Crippen LogP contribution in [0.4, 0.5) is 5.69 Å². The van der Waals surface area contributed by atoms with Crippen LogP contribution in [0.25, 0.3) is 0 Å². The van der Waals surface area contributed by atoms with Crippen LogP contribution in [-0.2, 0) is 9.59 Å². The van der Waals surface area contributed by atoms with E-state index in [1.54, 1.807) is 12.1 Å². The molecule has 8 nitrogen and oxygen atoms in total. The first-order valence-electron chi connectivity index (χ1n) is 8.82. The molecule has 4 amide bonds. The molecule has 3 heterocycles. The average molecular weight is 356 g/mol. The molecule has 1 unspecified atom stereocenters. The lowest BCUT2D eigenvalue weighted by atomic mass is 10.0. The standard InChI is InChI=1S/C18H20N4O4/c19-10-3-2-8-21(9-10)12-5-1-4-11-15(12)18(26)22(17(11)25)13-6-7-14(23)20-16(13)24/h1,4-5,10,13H,2-3,6-9,19H2,(H,20,23,24)/t10-,13?/m1/s1. The van der Waals surface area contributed by atoms with E-state index in [0.29, 0.717) is 23.4 Å². The van der Waals surface area contributed by atoms with E-state index in [0.717, 1.165) is 24.3 Å². The summed E-state index contributed by atoms with van der Waals surface area (Å²) in [6, 6.07) is 4.24. The number of carbonyl (C=O) groups is 4. The summed E-state index contributed by atoms with van der Waals surface area (Å²) in [7, 11) is 0. The van der Waals surface area contributed by atoms with Gasteiger partial charge in [0.05, 0.1) is 16.8 Å². The van der Waals surface area contributed by atoms with E-state index in [-0.39, 0.29) is 24.8 Å². The highest BCUT2D eigenvalue weighted by molar-refractivity contribution is 6.25. The molecule has 2 fully saturated rings. The molecule has 0 radical (unpaired) electrons. The second kappa shape index (κ2) is 6.21. The van der Waals surface area contributed by atoms with Crippen molar-refractivity contribution in [3.63, 3.8) is 0 Å². The van der Waals surface area contributed by atoms with Crippen molar-refractivity contribution in [1.82, 2.24) is 10.2 Å². The Hall–Kier alpha value is -2.74. The number of carbonyl (C=O) groups excluding carboxylic acids is 4. The summed E-state index contributed by atoms with van der Waals surface area (Å²) in [6.07, 6.45) is 2.11. The maximum Gasteiger partial charge on any atom is 0.264 e. The second-order valence-corrected chi connectivity index (χ2v) is 7.00. The number of nitrogens with two attached hydrogens (primary N) is 1. The first-order chi connectivity index (χ1) is 12.5. The Morgan fingerprint density at radius 2 is 1.88 bits per heavy atom. The normalized spacial score (nSPS) is 26.2. The van der Waals surface area contributed by atoms with Gasteiger partial charge in [0.25, 0.3) is 11.8 Å². The zero-order valence-electron chi connectivity index (χ0n) is 14.2. The van der Waals surface area contributed by atoms with E-state index in [1.807, 2.05) is 11.0 Å². The summed E-state index contributed by atoms with van der Waals surface area (Å²) in [5, 5.41) is 2.21. The molecular weight excluding hydrogens is 336 g/mol. The summed E-state index contributed by atoms with van der Waals surface area (Å²) in [4.78, 5) is 52.5. The van der Waals surface area contributed by atoms with Gasteiger partial charge in [-0.1, -0.05) is 6.07 Å². The molecule has 8 heteroatoms. The molecule has 3 N–H and O–H groups in total. The Balaban J connectivity index is 1.69. The Morgan fingerprint density at radius 1 is 1.08 bits per heavy atom. The van der Waals surface area contributed by atoms with E-state index >= 15 is 0 Å². The third-order valence-electron chi connectivity index (χ3n) is 5.24. The smallest absolute Gasteiger partial charge is 0.264 e. The minimum absolute atomic E-state index is 0.0260. The number of amides is 4. The van der Waals surface area contributed by atoms with E-state index in [1.165, 1.54) is 0 Å². The lowest BCUT2D eigenvalue weighted by Crippen LogP contribution is -2.54. The van der Waals surface area contributed by atoms with Gasteiger partial charge in [-0.25, -0.2) is 0 Å². The third-order valence-corrected chi connectivity index (χ3v) is 5.24. The number of imide groups is 2. The fourth-order valence-corrected chi connectivity index (χ4v) is 3.99. The summed E-state index contributed by atoms with van der Waals surface area (Å²) >= 11 is 0. The Morgan fingerprint density at radius 3 is 2.62 bits per heavy atom. The number of fused-ring (bicyclic) bond motifs is 1. The number of anilines is 1. The third kappa shape index (κ3) is 2.57. The molecule has 0 saturated carbocycles. The van der Waals surface area contributed by atoms with Crippen LogP contribution in [0.2, 0.25) is 0 Å². The average Bonchev–Trinajstić information content (AvgIpc) is 2.87. The lowest BCUT2D eigenvalue weighted by Gasteiger charge is -2.33. The first-order valence-corrected chi connectivity index (χ1v) is 8.82. The van der Waals surface area contributed by atoms with Gasteiger partial charge in [-0.3, -0.25) is 29.4 Å². The number of nitrogens with one attached hydrogen (secondary N) is 1. The monoisotopic (exact) mass is 356 g/mol. The Kier molecular flexibility index (Phi) is 3.99. The van der Waals surface area contributed by atoms with Crippen LogP contribution in [0.5, 0.6) is 0 Å². The molecule has 136 valence electrons. The van der Waals surface area contributed by atoms with Crippen LogP contribution < -0.4 is 16.0 Å². The topological polar surface area (TPSA) is 113 Å². The number of hydrogen-bond acceptors (Lipinski definition) is 6. The zero-order chi connectivity index (χ0) is 18.4. The van der Waals surface area contributed by atoms with Crippen molar-refractivity contribution in [3.8, 4) is 0 Å². The molecular formula is C18H20N4O4. The quantitative estimate of drug-likeness (QED) is 0.722. The van der Waals surface area contributed by atoms with Gasteiger partial charge in [0.2, 0.25) is 11.8 Å². The van der Waals surface area contributed by atoms with Crippen molar-refractivity contribution in [2.24, 2.45) is 5.73 Å². The summed E-state index contributed by atoms with van der Waals surface area (Å²) < 4.78 is 0. The molecule has 3 aliphatic rings. The maximum atomic E-state index is 13.1. The van der Waals surface area contributed by atoms with Gasteiger partial charge < -0.3 is 10.6 Å². The van der Waals surface area contributed by atoms with Crippen LogP contribution in [0.1, 0.15) is 46.4 Å². The van der Waals surface area contributed by atoms with E-state index in [4.69, 9.17) is 5.73 Å². The first kappa shape index (κ1) is 16.7. The maximum absolute atomic E-state index is 13.1. The predicted octanol–water partition coefficient (Wildman–Crippen LogP) is 0.0153. The Labute approximate surface area is 150 Å². The van der Waals surface area contributed by atoms with Crippen molar-refractivity contribution in [2.45, 2.75) is 37.8 Å². The van der Waals surface area contributed by atoms with Gasteiger partial charge in [0.1, 0.15) is 6.04 Å². The second-order valence-electron chi connectivity index (χ2n) is 7.00. The van der Waals surface area contributed by atoms with Crippen LogP contribution >= 0.6 is 0 Å². The largest absolute Gasteiger partial charge is 0.369 e. The van der Waals surface area contributed by atoms with Crippen LogP contribution in [0.3, 0.4) is 0 Å². The molecule has 26 heavy (non-hydrogen) atoms. The molecule has 4 rings (SSSR count). The number of benzene rings is 1. The van der Waals surface area contributed by atoms with E-state index in [9.17, 15) is 19.2 Å². The van der Waals surface area contributed by atoms with Gasteiger partial charge in [-0.05, 0) is 31.4 Å². The summed E-state index contributed by atoms with van der Waals surface area (Å²) in [5.74, 6) is -1.94. The van der Waals surface area contributed by atoms with Crippen molar-refractivity contribution < 1.29 is 19.2 Å². The SMILES string of the molecule is N[C@@H]1CCCN(c2cccc3c2C(=O)N(C2CCC(=O)NC2=O)C3=O)C1. The number of hydrogen-bond donors (Lipinski definition) is 2. The van der Waals surface area contributed by atoms with E-state index in [2.05, 4.69) is 5.32 Å². The van der Waals surface area contributed by atoms with Crippen LogP contribution in [-0.4, -0.2) is 53.7 Å². The minimum Gasteiger partial charge on any atom is -0.369 e. The summed E-state index contributed by atoms with van der Waals surface area (Å²) in [5.41, 5.74) is 7.37. The van der Waals surface area contributed by atoms with Gasteiger partial charge in [-0.2, -0.15) is 0 Å². The zero-order valence-corrected chi connectivity index (χ0v) is 14.2. The number of nitrogens with zero attached hydrogens (tertiary/aromatic N) is 2. The molecule has 2 saturated heterocycles. The molecule has 0 bridgehead atoms. The van der Waals surface area contributed by atoms with Gasteiger partial charge in [0, 0.05) is 25.6 Å².